The number of carbonyl (C=O) groups excluding carboxylic acids is 3. The zero-order chi connectivity index (χ0) is 41.5. The summed E-state index contributed by atoms with van der Waals surface area (Å²) in [6.07, 6.45) is 10.5. The van der Waals surface area contributed by atoms with Crippen LogP contribution in [0.15, 0.2) is 82.6 Å². The number of piperidine rings is 1. The molecular formula is C44H51N11O4. The molecule has 1 aliphatic carbocycles. The lowest BCUT2D eigenvalue weighted by Gasteiger charge is -2.37. The summed E-state index contributed by atoms with van der Waals surface area (Å²) >= 11 is 0. The van der Waals surface area contributed by atoms with E-state index in [1.807, 2.05) is 49.4 Å². The first kappa shape index (κ1) is 40.8. The lowest BCUT2D eigenvalue weighted by atomic mass is 9.86. The first-order chi connectivity index (χ1) is 28.6. The summed E-state index contributed by atoms with van der Waals surface area (Å²) in [6, 6.07) is 14.4. The highest BCUT2D eigenvalue weighted by molar-refractivity contribution is 6.20. The van der Waals surface area contributed by atoms with Crippen molar-refractivity contribution in [2.45, 2.75) is 57.5 Å². The number of fused-ring (bicyclic) bond motifs is 1. The number of nitrogens with zero attached hydrogens (tertiary/aromatic N) is 7. The van der Waals surface area contributed by atoms with Crippen molar-refractivity contribution in [2.24, 2.45) is 29.4 Å². The predicted octanol–water partition coefficient (Wildman–Crippen LogP) is 2.46. The molecule has 0 radical (unpaired) electrons. The average molecular weight is 798 g/mol. The van der Waals surface area contributed by atoms with Crippen molar-refractivity contribution in [1.29, 1.82) is 0 Å². The Bertz CT molecular complexity index is 2410. The fourth-order valence-electron chi connectivity index (χ4n) is 8.10. The Hall–Kier alpha value is -6.37. The van der Waals surface area contributed by atoms with Gasteiger partial charge in [0.05, 0.1) is 46.2 Å². The molecule has 306 valence electrons. The van der Waals surface area contributed by atoms with Crippen molar-refractivity contribution in [3.63, 3.8) is 0 Å². The van der Waals surface area contributed by atoms with Gasteiger partial charge in [-0.1, -0.05) is 47.7 Å². The normalized spacial score (nSPS) is 21.2. The zero-order valence-electron chi connectivity index (χ0n) is 33.6. The highest BCUT2D eigenvalue weighted by Gasteiger charge is 2.32. The molecule has 1 unspecified atom stereocenters. The van der Waals surface area contributed by atoms with Gasteiger partial charge < -0.3 is 21.7 Å². The first-order valence-corrected chi connectivity index (χ1v) is 20.2. The maximum Gasteiger partial charge on any atom is 0.329 e. The van der Waals surface area contributed by atoms with E-state index in [0.717, 1.165) is 75.1 Å². The minimum atomic E-state index is -0.733. The Morgan fingerprint density at radius 2 is 1.68 bits per heavy atom. The Morgan fingerprint density at radius 1 is 0.966 bits per heavy atom. The van der Waals surface area contributed by atoms with E-state index in [9.17, 15) is 19.2 Å². The number of benzene rings is 2. The summed E-state index contributed by atoms with van der Waals surface area (Å²) in [6.45, 7) is 7.45. The Labute approximate surface area is 343 Å². The molecule has 2 saturated heterocycles. The number of allylic oxidation sites excluding steroid dienone is 1. The number of piperazine rings is 1. The van der Waals surface area contributed by atoms with E-state index in [0.29, 0.717) is 34.9 Å². The molecule has 4 heterocycles. The Kier molecular flexibility index (Phi) is 12.8. The number of amides is 3. The Balaban J connectivity index is 0.913. The molecule has 4 aromatic rings. The number of nitrogens with two attached hydrogens (primary N) is 2. The summed E-state index contributed by atoms with van der Waals surface area (Å²) in [7, 11) is 1.69. The van der Waals surface area contributed by atoms with E-state index in [1.165, 1.54) is 15.3 Å². The second kappa shape index (κ2) is 18.5. The molecule has 15 heteroatoms. The van der Waals surface area contributed by atoms with Crippen molar-refractivity contribution in [2.75, 3.05) is 39.3 Å². The minimum absolute atomic E-state index is 0.116. The Morgan fingerprint density at radius 3 is 2.37 bits per heavy atom. The van der Waals surface area contributed by atoms with Gasteiger partial charge in [-0.3, -0.25) is 38.7 Å². The molecule has 6 N–H and O–H groups in total. The third-order valence-electron chi connectivity index (χ3n) is 11.5. The summed E-state index contributed by atoms with van der Waals surface area (Å²) < 4.78 is 3.03. The van der Waals surface area contributed by atoms with Gasteiger partial charge in [0.15, 0.2) is 5.82 Å². The summed E-state index contributed by atoms with van der Waals surface area (Å²) in [5.41, 5.74) is 17.0. The molecule has 3 aliphatic rings. The van der Waals surface area contributed by atoms with Crippen LogP contribution in [-0.4, -0.2) is 98.1 Å². The summed E-state index contributed by atoms with van der Waals surface area (Å²) in [4.78, 5) is 69.2. The number of aliphatic imine (C=N–C) groups is 1. The molecule has 59 heavy (non-hydrogen) atoms. The highest BCUT2D eigenvalue weighted by Crippen LogP contribution is 2.28. The van der Waals surface area contributed by atoms with Crippen LogP contribution in [0.1, 0.15) is 67.1 Å². The van der Waals surface area contributed by atoms with Crippen LogP contribution < -0.4 is 27.8 Å². The lowest BCUT2D eigenvalue weighted by Crippen LogP contribution is -2.48. The number of imidazole rings is 1. The largest absolute Gasteiger partial charge is 0.404 e. The molecule has 3 fully saturated rings. The van der Waals surface area contributed by atoms with E-state index in [2.05, 4.69) is 42.2 Å². The van der Waals surface area contributed by atoms with E-state index in [4.69, 9.17) is 16.5 Å². The van der Waals surface area contributed by atoms with Crippen LogP contribution in [0.3, 0.4) is 0 Å². The van der Waals surface area contributed by atoms with Gasteiger partial charge in [0.1, 0.15) is 6.04 Å². The number of imide groups is 1. The molecule has 0 spiro atoms. The van der Waals surface area contributed by atoms with Gasteiger partial charge in [0, 0.05) is 71.0 Å². The number of aromatic nitrogens is 4. The predicted molar refractivity (Wildman–Crippen MR) is 227 cm³/mol. The van der Waals surface area contributed by atoms with Crippen LogP contribution in [0.25, 0.3) is 22.3 Å². The molecule has 2 aromatic carbocycles. The molecule has 0 bridgehead atoms. The first-order valence-electron chi connectivity index (χ1n) is 20.2. The average Bonchev–Trinajstić information content (AvgIpc) is 3.50. The van der Waals surface area contributed by atoms with Crippen LogP contribution in [0.4, 0.5) is 0 Å². The van der Waals surface area contributed by atoms with Gasteiger partial charge in [-0.05, 0) is 68.7 Å². The molecule has 1 saturated carbocycles. The van der Waals surface area contributed by atoms with Crippen LogP contribution in [-0.2, 0) is 21.4 Å². The van der Waals surface area contributed by atoms with Gasteiger partial charge in [-0.25, -0.2) is 14.8 Å². The van der Waals surface area contributed by atoms with E-state index in [1.54, 1.807) is 31.7 Å². The molecule has 7 rings (SSSR count). The number of aryl methyl sites for hydroxylation is 2. The minimum Gasteiger partial charge on any atom is -0.404 e. The van der Waals surface area contributed by atoms with Gasteiger partial charge >= 0.3 is 5.69 Å². The van der Waals surface area contributed by atoms with Crippen molar-refractivity contribution < 1.29 is 14.4 Å². The van der Waals surface area contributed by atoms with Crippen LogP contribution in [0.2, 0.25) is 0 Å². The SMILES string of the molecule is Cc1ccc(C(N)=C(C=NC2CCC(CN3CCN(CC#Cc4cccc5c4n(C)c(=O)n5C4CCC(=O)NC4=O)CC3)CC2)NC(=O)C(=CN)c2ncccn2)cc1. The highest BCUT2D eigenvalue weighted by atomic mass is 16.2. The third-order valence-corrected chi connectivity index (χ3v) is 11.5. The lowest BCUT2D eigenvalue weighted by molar-refractivity contribution is -0.135. The maximum absolute atomic E-state index is 13.4. The number of hydrogen-bond donors (Lipinski definition) is 4. The molecule has 2 aromatic heterocycles. The molecule has 3 amide bonds. The molecule has 15 nitrogen and oxygen atoms in total. The monoisotopic (exact) mass is 797 g/mol. The van der Waals surface area contributed by atoms with Crippen LogP contribution in [0, 0.1) is 24.7 Å². The molecule has 1 atom stereocenters. The van der Waals surface area contributed by atoms with Gasteiger partial charge in [-0.2, -0.15) is 0 Å². The third kappa shape index (κ3) is 9.51. The van der Waals surface area contributed by atoms with Crippen LogP contribution >= 0.6 is 0 Å². The van der Waals surface area contributed by atoms with Crippen molar-refractivity contribution >= 4 is 46.2 Å². The maximum atomic E-state index is 13.4. The van der Waals surface area contributed by atoms with E-state index in [-0.39, 0.29) is 41.9 Å². The number of hydrogen-bond acceptors (Lipinski definition) is 11. The quantitative estimate of drug-likeness (QED) is 0.0801. The molecular weight excluding hydrogens is 747 g/mol. The van der Waals surface area contributed by atoms with Crippen molar-refractivity contribution in [1.82, 2.24) is 39.5 Å². The second-order valence-corrected chi connectivity index (χ2v) is 15.5. The number of carbonyl (C=O) groups is 3. The van der Waals surface area contributed by atoms with E-state index >= 15 is 0 Å². The second-order valence-electron chi connectivity index (χ2n) is 15.5. The van der Waals surface area contributed by atoms with Crippen molar-refractivity contribution in [3.05, 3.63) is 106 Å². The van der Waals surface area contributed by atoms with Crippen LogP contribution in [0.5, 0.6) is 0 Å². The fourth-order valence-corrected chi connectivity index (χ4v) is 8.10. The standard InChI is InChI=1S/C44H51N11O4/c1-29-9-13-31(14-10-29)39(46)35(50-42(57)34(26-45)41-47-19-5-20-48-41)27-49-33-15-11-30(12-16-33)28-54-24-22-53(23-25-54)21-4-7-32-6-3-8-36-40(32)52(2)44(59)55(36)37-17-18-38(56)51-43(37)58/h3,5-6,8-10,13-14,19-20,26-27,30,33,37H,11-12,15-18,21-25,28,45-46H2,1-2H3,(H,50,57)(H,51,56,58). The van der Waals surface area contributed by atoms with E-state index < -0.39 is 17.9 Å². The number of nitrogens with one attached hydrogen (secondary N) is 2. The topological polar surface area (TPSA) is 199 Å². The number of para-hydroxylation sites is 1. The van der Waals surface area contributed by atoms with Crippen molar-refractivity contribution in [3.8, 4) is 11.8 Å². The zero-order valence-corrected chi connectivity index (χ0v) is 33.6. The van der Waals surface area contributed by atoms with Gasteiger partial charge in [0.25, 0.3) is 5.91 Å². The summed E-state index contributed by atoms with van der Waals surface area (Å²) in [5.74, 6) is 6.17. The van der Waals surface area contributed by atoms with Gasteiger partial charge in [-0.15, -0.1) is 0 Å². The smallest absolute Gasteiger partial charge is 0.329 e. The fraction of sp³-hybridized carbons (Fsp3) is 0.386. The molecule has 2 aliphatic heterocycles. The van der Waals surface area contributed by atoms with Gasteiger partial charge in [0.2, 0.25) is 11.8 Å². The summed E-state index contributed by atoms with van der Waals surface area (Å²) in [5, 5.41) is 5.28. The number of rotatable bonds is 10.